The zero-order valence-corrected chi connectivity index (χ0v) is 16.6. The SMILES string of the molecule is C[C@]1(O)C(=O)O[C@H](COC(=O)c2ccc(Cl)cc2)[C@H]1OC(=O)c1ccc(Cl)cc1. The molecule has 7 nitrogen and oxygen atoms in total. The van der Waals surface area contributed by atoms with Crippen LogP contribution in [0.2, 0.25) is 10.0 Å². The number of carbonyl (C=O) groups is 3. The first-order valence-corrected chi connectivity index (χ1v) is 9.27. The number of carbonyl (C=O) groups excluding carboxylic acids is 3. The fourth-order valence-corrected chi connectivity index (χ4v) is 2.96. The minimum atomic E-state index is -2.10. The summed E-state index contributed by atoms with van der Waals surface area (Å²) < 4.78 is 15.5. The van der Waals surface area contributed by atoms with E-state index in [1.54, 1.807) is 0 Å². The first kappa shape index (κ1) is 21.1. The minimum absolute atomic E-state index is 0.168. The Balaban J connectivity index is 1.70. The maximum Gasteiger partial charge on any atom is 0.342 e. The van der Waals surface area contributed by atoms with E-state index < -0.39 is 42.3 Å². The molecule has 1 heterocycles. The van der Waals surface area contributed by atoms with Gasteiger partial charge in [0.25, 0.3) is 0 Å². The summed E-state index contributed by atoms with van der Waals surface area (Å²) in [7, 11) is 0. The molecule has 0 spiro atoms. The molecule has 3 atom stereocenters. The molecule has 9 heteroatoms. The number of aliphatic hydroxyl groups is 1. The maximum atomic E-state index is 12.4. The van der Waals surface area contributed by atoms with E-state index in [0.717, 1.165) is 6.92 Å². The molecule has 1 saturated heterocycles. The summed E-state index contributed by atoms with van der Waals surface area (Å²) in [5.41, 5.74) is -1.69. The van der Waals surface area contributed by atoms with Gasteiger partial charge in [-0.25, -0.2) is 14.4 Å². The van der Waals surface area contributed by atoms with Crippen LogP contribution in [-0.4, -0.2) is 47.4 Å². The van der Waals surface area contributed by atoms with Gasteiger partial charge in [-0.15, -0.1) is 0 Å². The van der Waals surface area contributed by atoms with Gasteiger partial charge in [0, 0.05) is 10.0 Å². The van der Waals surface area contributed by atoms with Crippen molar-refractivity contribution in [3.05, 3.63) is 69.7 Å². The number of ether oxygens (including phenoxy) is 3. The van der Waals surface area contributed by atoms with E-state index >= 15 is 0 Å². The van der Waals surface area contributed by atoms with Gasteiger partial charge in [0.05, 0.1) is 11.1 Å². The van der Waals surface area contributed by atoms with Crippen molar-refractivity contribution in [2.45, 2.75) is 24.7 Å². The predicted molar refractivity (Wildman–Crippen MR) is 103 cm³/mol. The molecule has 0 bridgehead atoms. The molecule has 0 amide bonds. The quantitative estimate of drug-likeness (QED) is 0.565. The van der Waals surface area contributed by atoms with Crippen LogP contribution >= 0.6 is 23.2 Å². The van der Waals surface area contributed by atoms with E-state index in [4.69, 9.17) is 37.4 Å². The van der Waals surface area contributed by atoms with Crippen LogP contribution in [-0.2, 0) is 19.0 Å². The van der Waals surface area contributed by atoms with Gasteiger partial charge >= 0.3 is 17.9 Å². The van der Waals surface area contributed by atoms with Crippen LogP contribution in [0.25, 0.3) is 0 Å². The second-order valence-corrected chi connectivity index (χ2v) is 7.40. The van der Waals surface area contributed by atoms with Gasteiger partial charge in [-0.2, -0.15) is 0 Å². The van der Waals surface area contributed by atoms with Crippen LogP contribution < -0.4 is 0 Å². The highest BCUT2D eigenvalue weighted by Crippen LogP contribution is 2.30. The summed E-state index contributed by atoms with van der Waals surface area (Å²) in [6, 6.07) is 11.9. The summed E-state index contributed by atoms with van der Waals surface area (Å²) in [6.07, 6.45) is -2.55. The lowest BCUT2D eigenvalue weighted by Crippen LogP contribution is -2.47. The van der Waals surface area contributed by atoms with Gasteiger partial charge in [-0.1, -0.05) is 23.2 Å². The third kappa shape index (κ3) is 4.70. The highest BCUT2D eigenvalue weighted by molar-refractivity contribution is 6.31. The number of hydrogen-bond donors (Lipinski definition) is 1. The molecule has 3 rings (SSSR count). The summed E-state index contributed by atoms with van der Waals surface area (Å²) in [5, 5.41) is 11.3. The van der Waals surface area contributed by atoms with Gasteiger partial charge in [0.1, 0.15) is 6.61 Å². The number of cyclic esters (lactones) is 1. The molecule has 1 aliphatic heterocycles. The van der Waals surface area contributed by atoms with E-state index in [1.807, 2.05) is 0 Å². The van der Waals surface area contributed by atoms with Crippen LogP contribution in [0, 0.1) is 0 Å². The second-order valence-electron chi connectivity index (χ2n) is 6.53. The van der Waals surface area contributed by atoms with Crippen LogP contribution in [0.5, 0.6) is 0 Å². The Morgan fingerprint density at radius 2 is 1.48 bits per heavy atom. The average Bonchev–Trinajstić information content (AvgIpc) is 2.90. The molecule has 0 aliphatic carbocycles. The third-order valence-corrected chi connectivity index (χ3v) is 4.84. The summed E-state index contributed by atoms with van der Waals surface area (Å²) in [4.78, 5) is 36.5. The topological polar surface area (TPSA) is 99.1 Å². The molecule has 0 radical (unpaired) electrons. The lowest BCUT2D eigenvalue weighted by molar-refractivity contribution is -0.155. The van der Waals surface area contributed by atoms with Crippen molar-refractivity contribution >= 4 is 41.1 Å². The number of benzene rings is 2. The highest BCUT2D eigenvalue weighted by Gasteiger charge is 2.56. The van der Waals surface area contributed by atoms with Crippen LogP contribution in [0.4, 0.5) is 0 Å². The third-order valence-electron chi connectivity index (χ3n) is 4.34. The predicted octanol–water partition coefficient (Wildman–Crippen LogP) is 3.05. The van der Waals surface area contributed by atoms with Crippen molar-refractivity contribution < 1.29 is 33.7 Å². The lowest BCUT2D eigenvalue weighted by Gasteiger charge is -2.24. The molecule has 0 unspecified atom stereocenters. The van der Waals surface area contributed by atoms with E-state index in [0.29, 0.717) is 10.0 Å². The van der Waals surface area contributed by atoms with Crippen molar-refractivity contribution in [1.82, 2.24) is 0 Å². The van der Waals surface area contributed by atoms with E-state index in [2.05, 4.69) is 0 Å². The van der Waals surface area contributed by atoms with Gasteiger partial charge in [-0.3, -0.25) is 0 Å². The van der Waals surface area contributed by atoms with Crippen molar-refractivity contribution in [2.24, 2.45) is 0 Å². The zero-order valence-electron chi connectivity index (χ0n) is 15.1. The monoisotopic (exact) mass is 438 g/mol. The van der Waals surface area contributed by atoms with Crippen LogP contribution in [0.3, 0.4) is 0 Å². The minimum Gasteiger partial charge on any atom is -0.458 e. The van der Waals surface area contributed by atoms with Crippen molar-refractivity contribution in [3.8, 4) is 0 Å². The fraction of sp³-hybridized carbons (Fsp3) is 0.250. The Labute approximate surface area is 176 Å². The number of rotatable bonds is 5. The maximum absolute atomic E-state index is 12.4. The zero-order chi connectivity index (χ0) is 21.2. The molecule has 152 valence electrons. The molecule has 29 heavy (non-hydrogen) atoms. The Hall–Kier alpha value is -2.61. The van der Waals surface area contributed by atoms with Crippen molar-refractivity contribution in [3.63, 3.8) is 0 Å². The molecule has 1 aliphatic rings. The fourth-order valence-electron chi connectivity index (χ4n) is 2.71. The number of hydrogen-bond acceptors (Lipinski definition) is 7. The van der Waals surface area contributed by atoms with Crippen molar-refractivity contribution in [1.29, 1.82) is 0 Å². The van der Waals surface area contributed by atoms with Gasteiger partial charge in [0.2, 0.25) is 0 Å². The summed E-state index contributed by atoms with van der Waals surface area (Å²) in [6.45, 7) is 0.748. The summed E-state index contributed by atoms with van der Waals surface area (Å²) in [5.74, 6) is -2.47. The lowest BCUT2D eigenvalue weighted by atomic mass is 9.98. The molecule has 2 aromatic rings. The highest BCUT2D eigenvalue weighted by atomic mass is 35.5. The Morgan fingerprint density at radius 3 is 2.00 bits per heavy atom. The second kappa shape index (κ2) is 8.41. The van der Waals surface area contributed by atoms with Gasteiger partial charge in [0.15, 0.2) is 17.8 Å². The van der Waals surface area contributed by atoms with Gasteiger partial charge in [-0.05, 0) is 55.5 Å². The normalized spacial score (nSPS) is 23.4. The summed E-state index contributed by atoms with van der Waals surface area (Å²) >= 11 is 11.6. The Bertz CT molecular complexity index is 923. The van der Waals surface area contributed by atoms with E-state index in [-0.39, 0.29) is 11.1 Å². The van der Waals surface area contributed by atoms with Crippen LogP contribution in [0.15, 0.2) is 48.5 Å². The number of halogens is 2. The van der Waals surface area contributed by atoms with Gasteiger partial charge < -0.3 is 19.3 Å². The van der Waals surface area contributed by atoms with E-state index in [9.17, 15) is 19.5 Å². The largest absolute Gasteiger partial charge is 0.458 e. The first-order valence-electron chi connectivity index (χ1n) is 8.51. The molecule has 0 saturated carbocycles. The Morgan fingerprint density at radius 1 is 1.00 bits per heavy atom. The van der Waals surface area contributed by atoms with E-state index in [1.165, 1.54) is 48.5 Å². The molecule has 2 aromatic carbocycles. The molecule has 1 fully saturated rings. The average molecular weight is 439 g/mol. The first-order chi connectivity index (χ1) is 13.7. The van der Waals surface area contributed by atoms with Crippen molar-refractivity contribution in [2.75, 3.05) is 6.61 Å². The molecule has 1 N–H and O–H groups in total. The number of esters is 3. The standard InChI is InChI=1S/C20H16Cl2O7/c1-20(26)16(29-18(24)12-4-8-14(22)9-5-12)15(28-19(20)25)10-27-17(23)11-2-6-13(21)7-3-11/h2-9,15-16,26H,10H2,1H3/t15-,16-,20-/m1/s1. The Kier molecular flexibility index (Phi) is 6.12. The molecular weight excluding hydrogens is 423 g/mol. The molecular formula is C20H16Cl2O7. The molecule has 0 aromatic heterocycles. The van der Waals surface area contributed by atoms with Crippen LogP contribution in [0.1, 0.15) is 27.6 Å². The smallest absolute Gasteiger partial charge is 0.342 e.